The SMILES string of the molecule is CCc1nn(C)c(CN2CCC(CCl)CC2)c1Cl. The molecule has 1 aliphatic heterocycles. The maximum absolute atomic E-state index is 6.37. The van der Waals surface area contributed by atoms with Gasteiger partial charge in [-0.3, -0.25) is 9.58 Å². The summed E-state index contributed by atoms with van der Waals surface area (Å²) in [5.74, 6) is 1.48. The number of aromatic nitrogens is 2. The highest BCUT2D eigenvalue weighted by Crippen LogP contribution is 2.25. The van der Waals surface area contributed by atoms with Crippen LogP contribution >= 0.6 is 23.2 Å². The smallest absolute Gasteiger partial charge is 0.0863 e. The first-order chi connectivity index (χ1) is 8.65. The number of hydrogen-bond donors (Lipinski definition) is 0. The van der Waals surface area contributed by atoms with Gasteiger partial charge in [-0.1, -0.05) is 18.5 Å². The average Bonchev–Trinajstić information content (AvgIpc) is 2.67. The highest BCUT2D eigenvalue weighted by atomic mass is 35.5. The molecule has 0 atom stereocenters. The minimum Gasteiger partial charge on any atom is -0.297 e. The maximum atomic E-state index is 6.37. The predicted octanol–water partition coefficient (Wildman–Crippen LogP) is 3.09. The topological polar surface area (TPSA) is 21.1 Å². The lowest BCUT2D eigenvalue weighted by atomic mass is 9.99. The van der Waals surface area contributed by atoms with Crippen LogP contribution in [-0.2, 0) is 20.0 Å². The first-order valence-corrected chi connectivity index (χ1v) is 7.55. The molecule has 0 amide bonds. The average molecular weight is 290 g/mol. The van der Waals surface area contributed by atoms with E-state index in [9.17, 15) is 0 Å². The van der Waals surface area contributed by atoms with Crippen LogP contribution in [0.15, 0.2) is 0 Å². The van der Waals surface area contributed by atoms with Gasteiger partial charge in [0.15, 0.2) is 0 Å². The van der Waals surface area contributed by atoms with Crippen molar-refractivity contribution in [1.29, 1.82) is 0 Å². The van der Waals surface area contributed by atoms with Crippen molar-refractivity contribution in [1.82, 2.24) is 14.7 Å². The molecular weight excluding hydrogens is 269 g/mol. The molecule has 5 heteroatoms. The van der Waals surface area contributed by atoms with E-state index in [1.165, 1.54) is 12.8 Å². The monoisotopic (exact) mass is 289 g/mol. The second kappa shape index (κ2) is 6.27. The van der Waals surface area contributed by atoms with Crippen LogP contribution in [0.1, 0.15) is 31.2 Å². The number of alkyl halides is 1. The van der Waals surface area contributed by atoms with Crippen molar-refractivity contribution >= 4 is 23.2 Å². The first-order valence-electron chi connectivity index (χ1n) is 6.64. The summed E-state index contributed by atoms with van der Waals surface area (Å²) in [6.45, 7) is 5.21. The molecule has 0 aliphatic carbocycles. The van der Waals surface area contributed by atoms with Crippen LogP contribution in [0.2, 0.25) is 5.02 Å². The molecule has 1 aromatic rings. The Morgan fingerprint density at radius 2 is 2.00 bits per heavy atom. The molecule has 102 valence electrons. The molecule has 2 heterocycles. The standard InChI is InChI=1S/C13H21Cl2N3/c1-3-11-13(15)12(17(2)16-11)9-18-6-4-10(8-14)5-7-18/h10H,3-9H2,1-2H3. The molecule has 1 fully saturated rings. The van der Waals surface area contributed by atoms with Gasteiger partial charge in [-0.05, 0) is 38.3 Å². The van der Waals surface area contributed by atoms with E-state index in [0.29, 0.717) is 5.92 Å². The van der Waals surface area contributed by atoms with E-state index in [-0.39, 0.29) is 0 Å². The number of aryl methyl sites for hydroxylation is 2. The summed E-state index contributed by atoms with van der Waals surface area (Å²) < 4.78 is 1.93. The van der Waals surface area contributed by atoms with Crippen molar-refractivity contribution in [3.63, 3.8) is 0 Å². The molecule has 0 bridgehead atoms. The van der Waals surface area contributed by atoms with E-state index in [4.69, 9.17) is 23.2 Å². The molecule has 18 heavy (non-hydrogen) atoms. The molecule has 2 rings (SSSR count). The molecule has 0 radical (unpaired) electrons. The zero-order chi connectivity index (χ0) is 13.1. The Kier molecular flexibility index (Phi) is 4.93. The number of piperidine rings is 1. The highest BCUT2D eigenvalue weighted by Gasteiger charge is 2.21. The molecule has 1 saturated heterocycles. The predicted molar refractivity (Wildman–Crippen MR) is 76.3 cm³/mol. The van der Waals surface area contributed by atoms with Crippen molar-refractivity contribution in [2.24, 2.45) is 13.0 Å². The maximum Gasteiger partial charge on any atom is 0.0863 e. The summed E-state index contributed by atoms with van der Waals surface area (Å²) in [7, 11) is 1.98. The van der Waals surface area contributed by atoms with E-state index in [1.54, 1.807) is 0 Å². The summed E-state index contributed by atoms with van der Waals surface area (Å²) in [5, 5.41) is 5.31. The number of halogens is 2. The molecule has 3 nitrogen and oxygen atoms in total. The van der Waals surface area contributed by atoms with Gasteiger partial charge in [0, 0.05) is 19.5 Å². The van der Waals surface area contributed by atoms with Gasteiger partial charge in [-0.25, -0.2) is 0 Å². The second-order valence-electron chi connectivity index (χ2n) is 5.06. The van der Waals surface area contributed by atoms with Gasteiger partial charge < -0.3 is 0 Å². The van der Waals surface area contributed by atoms with Crippen LogP contribution in [0.4, 0.5) is 0 Å². The Hall–Kier alpha value is -0.250. The Balaban J connectivity index is 2.00. The molecule has 0 unspecified atom stereocenters. The third kappa shape index (κ3) is 3.01. The summed E-state index contributed by atoms with van der Waals surface area (Å²) >= 11 is 12.3. The van der Waals surface area contributed by atoms with Crippen LogP contribution in [-0.4, -0.2) is 33.6 Å². The third-order valence-electron chi connectivity index (χ3n) is 3.80. The van der Waals surface area contributed by atoms with Crippen LogP contribution < -0.4 is 0 Å². The summed E-state index contributed by atoms with van der Waals surface area (Å²) in [6.07, 6.45) is 3.28. The van der Waals surface area contributed by atoms with Crippen LogP contribution in [0.25, 0.3) is 0 Å². The minimum absolute atomic E-state index is 0.691. The summed E-state index contributed by atoms with van der Waals surface area (Å²) in [6, 6.07) is 0. The fourth-order valence-corrected chi connectivity index (χ4v) is 3.16. The van der Waals surface area contributed by atoms with E-state index in [1.807, 2.05) is 11.7 Å². The number of nitrogens with zero attached hydrogens (tertiary/aromatic N) is 3. The second-order valence-corrected chi connectivity index (χ2v) is 5.74. The molecule has 1 aliphatic rings. The van der Waals surface area contributed by atoms with Crippen LogP contribution in [0.3, 0.4) is 0 Å². The van der Waals surface area contributed by atoms with Gasteiger partial charge in [0.05, 0.1) is 16.4 Å². The van der Waals surface area contributed by atoms with E-state index in [2.05, 4.69) is 16.9 Å². The molecule has 0 saturated carbocycles. The number of likely N-dealkylation sites (tertiary alicyclic amines) is 1. The molecule has 1 aromatic heterocycles. The number of hydrogen-bond acceptors (Lipinski definition) is 2. The van der Waals surface area contributed by atoms with Crippen molar-refractivity contribution < 1.29 is 0 Å². The largest absolute Gasteiger partial charge is 0.297 e. The van der Waals surface area contributed by atoms with Gasteiger partial charge in [0.25, 0.3) is 0 Å². The fourth-order valence-electron chi connectivity index (χ4n) is 2.50. The van der Waals surface area contributed by atoms with E-state index in [0.717, 1.165) is 48.3 Å². The molecule has 0 N–H and O–H groups in total. The number of rotatable bonds is 4. The van der Waals surface area contributed by atoms with Crippen molar-refractivity contribution in [3.8, 4) is 0 Å². The minimum atomic E-state index is 0.691. The zero-order valence-electron chi connectivity index (χ0n) is 11.1. The van der Waals surface area contributed by atoms with Gasteiger partial charge in [-0.15, -0.1) is 11.6 Å². The molecular formula is C13H21Cl2N3. The molecule has 0 aromatic carbocycles. The quantitative estimate of drug-likeness (QED) is 0.795. The third-order valence-corrected chi connectivity index (χ3v) is 4.67. The zero-order valence-corrected chi connectivity index (χ0v) is 12.6. The Morgan fingerprint density at radius 3 is 2.50 bits per heavy atom. The van der Waals surface area contributed by atoms with Crippen molar-refractivity contribution in [3.05, 3.63) is 16.4 Å². The van der Waals surface area contributed by atoms with Gasteiger partial charge in [-0.2, -0.15) is 5.10 Å². The van der Waals surface area contributed by atoms with Crippen molar-refractivity contribution in [2.45, 2.75) is 32.7 Å². The van der Waals surface area contributed by atoms with E-state index < -0.39 is 0 Å². The Labute approximate surface area is 119 Å². The van der Waals surface area contributed by atoms with Gasteiger partial charge in [0.2, 0.25) is 0 Å². The Bertz CT molecular complexity index is 395. The molecule has 0 spiro atoms. The first kappa shape index (κ1) is 14.2. The Morgan fingerprint density at radius 1 is 1.33 bits per heavy atom. The lowest BCUT2D eigenvalue weighted by Crippen LogP contribution is -2.34. The van der Waals surface area contributed by atoms with Crippen LogP contribution in [0, 0.1) is 5.92 Å². The fraction of sp³-hybridized carbons (Fsp3) is 0.769. The van der Waals surface area contributed by atoms with E-state index >= 15 is 0 Å². The lowest BCUT2D eigenvalue weighted by molar-refractivity contribution is 0.182. The lowest BCUT2D eigenvalue weighted by Gasteiger charge is -2.30. The highest BCUT2D eigenvalue weighted by molar-refractivity contribution is 6.31. The normalized spacial score (nSPS) is 18.4. The van der Waals surface area contributed by atoms with Crippen LogP contribution in [0.5, 0.6) is 0 Å². The summed E-state index contributed by atoms with van der Waals surface area (Å²) in [4.78, 5) is 2.45. The van der Waals surface area contributed by atoms with Crippen molar-refractivity contribution in [2.75, 3.05) is 19.0 Å². The van der Waals surface area contributed by atoms with Gasteiger partial charge in [0.1, 0.15) is 0 Å². The van der Waals surface area contributed by atoms with Gasteiger partial charge >= 0.3 is 0 Å². The summed E-state index contributed by atoms with van der Waals surface area (Å²) in [5.41, 5.74) is 2.14.